The number of hydrogen-bond acceptors (Lipinski definition) is 6. The number of esters is 1. The van der Waals surface area contributed by atoms with Crippen molar-refractivity contribution < 1.29 is 28.3 Å². The van der Waals surface area contributed by atoms with Crippen molar-refractivity contribution in [3.63, 3.8) is 0 Å². The van der Waals surface area contributed by atoms with E-state index in [0.717, 1.165) is 0 Å². The second kappa shape index (κ2) is 9.11. The first-order chi connectivity index (χ1) is 12.1. The van der Waals surface area contributed by atoms with Gasteiger partial charge in [-0.15, -0.1) is 0 Å². The van der Waals surface area contributed by atoms with Gasteiger partial charge in [-0.3, -0.25) is 9.59 Å². The topological polar surface area (TPSA) is 107 Å². The molecule has 0 aliphatic rings. The van der Waals surface area contributed by atoms with Crippen LogP contribution in [0.15, 0.2) is 47.1 Å². The van der Waals surface area contributed by atoms with Crippen molar-refractivity contribution in [2.45, 2.75) is 6.42 Å². The van der Waals surface area contributed by atoms with E-state index in [2.05, 4.69) is 15.4 Å². The molecule has 1 heterocycles. The van der Waals surface area contributed by atoms with Crippen LogP contribution in [0, 0.1) is 0 Å². The van der Waals surface area contributed by atoms with Crippen LogP contribution in [0.25, 0.3) is 0 Å². The fourth-order valence-corrected chi connectivity index (χ4v) is 1.87. The monoisotopic (exact) mass is 346 g/mol. The van der Waals surface area contributed by atoms with Crippen LogP contribution in [0.1, 0.15) is 17.0 Å². The quantitative estimate of drug-likeness (QED) is 0.703. The fraction of sp³-hybridized carbons (Fsp3) is 0.235. The van der Waals surface area contributed by atoms with Crippen LogP contribution in [0.3, 0.4) is 0 Å². The van der Waals surface area contributed by atoms with Gasteiger partial charge in [0.2, 0.25) is 5.91 Å². The number of rotatable bonds is 8. The zero-order chi connectivity index (χ0) is 18.1. The SMILES string of the molecule is COC(=O)COc1cccc(NC(=O)CCNC(=O)c2ccco2)c1. The summed E-state index contributed by atoms with van der Waals surface area (Å²) < 4.78 is 14.7. The minimum atomic E-state index is -0.498. The highest BCUT2D eigenvalue weighted by molar-refractivity contribution is 5.93. The first kappa shape index (κ1) is 18.1. The predicted octanol–water partition coefficient (Wildman–Crippen LogP) is 1.59. The lowest BCUT2D eigenvalue weighted by molar-refractivity contribution is -0.142. The summed E-state index contributed by atoms with van der Waals surface area (Å²) in [6.45, 7) is -0.0450. The average molecular weight is 346 g/mol. The molecule has 0 saturated carbocycles. The molecule has 0 radical (unpaired) electrons. The molecule has 1 aromatic carbocycles. The van der Waals surface area contributed by atoms with Crippen LogP contribution in [-0.2, 0) is 14.3 Å². The minimum absolute atomic E-state index is 0.0969. The molecule has 132 valence electrons. The normalized spacial score (nSPS) is 9.96. The summed E-state index contributed by atoms with van der Waals surface area (Å²) in [5.74, 6) is -0.534. The van der Waals surface area contributed by atoms with Gasteiger partial charge in [0.1, 0.15) is 5.75 Å². The molecule has 25 heavy (non-hydrogen) atoms. The van der Waals surface area contributed by atoms with Crippen LogP contribution in [0.5, 0.6) is 5.75 Å². The number of ether oxygens (including phenoxy) is 2. The Kier molecular flexibility index (Phi) is 6.58. The van der Waals surface area contributed by atoms with Crippen molar-refractivity contribution in [3.05, 3.63) is 48.4 Å². The molecule has 2 aromatic rings. The minimum Gasteiger partial charge on any atom is -0.482 e. The van der Waals surface area contributed by atoms with Gasteiger partial charge in [0.05, 0.1) is 13.4 Å². The number of carbonyl (C=O) groups is 3. The lowest BCUT2D eigenvalue weighted by Crippen LogP contribution is -2.27. The molecule has 0 unspecified atom stereocenters. The Morgan fingerprint density at radius 3 is 2.72 bits per heavy atom. The Labute approximate surface area is 144 Å². The molecule has 8 heteroatoms. The van der Waals surface area contributed by atoms with E-state index in [1.165, 1.54) is 19.4 Å². The molecule has 0 aliphatic carbocycles. The van der Waals surface area contributed by atoms with Gasteiger partial charge < -0.3 is 24.5 Å². The number of hydrogen-bond donors (Lipinski definition) is 2. The van der Waals surface area contributed by atoms with Gasteiger partial charge in [-0.1, -0.05) is 6.07 Å². The maximum atomic E-state index is 11.9. The number of nitrogens with one attached hydrogen (secondary N) is 2. The summed E-state index contributed by atoms with van der Waals surface area (Å²) in [5.41, 5.74) is 0.518. The van der Waals surface area contributed by atoms with E-state index in [4.69, 9.17) is 9.15 Å². The molecule has 0 atom stereocenters. The summed E-state index contributed by atoms with van der Waals surface area (Å²) >= 11 is 0. The van der Waals surface area contributed by atoms with Crippen molar-refractivity contribution >= 4 is 23.5 Å². The van der Waals surface area contributed by atoms with E-state index in [1.54, 1.807) is 30.3 Å². The van der Waals surface area contributed by atoms with Crippen LogP contribution in [0.2, 0.25) is 0 Å². The van der Waals surface area contributed by atoms with Crippen LogP contribution >= 0.6 is 0 Å². The van der Waals surface area contributed by atoms with E-state index >= 15 is 0 Å². The first-order valence-corrected chi connectivity index (χ1v) is 7.49. The highest BCUT2D eigenvalue weighted by Crippen LogP contribution is 2.17. The van der Waals surface area contributed by atoms with E-state index in [9.17, 15) is 14.4 Å². The summed E-state index contributed by atoms with van der Waals surface area (Å²) in [5, 5.41) is 5.27. The van der Waals surface area contributed by atoms with Gasteiger partial charge in [-0.2, -0.15) is 0 Å². The highest BCUT2D eigenvalue weighted by Gasteiger charge is 2.09. The van der Waals surface area contributed by atoms with Gasteiger partial charge in [0, 0.05) is 24.7 Å². The van der Waals surface area contributed by atoms with E-state index in [-0.39, 0.29) is 37.1 Å². The number of methoxy groups -OCH3 is 1. The van der Waals surface area contributed by atoms with Crippen LogP contribution in [-0.4, -0.2) is 38.0 Å². The fourth-order valence-electron chi connectivity index (χ4n) is 1.87. The number of anilines is 1. The Morgan fingerprint density at radius 1 is 1.16 bits per heavy atom. The van der Waals surface area contributed by atoms with Crippen molar-refractivity contribution in [3.8, 4) is 5.75 Å². The van der Waals surface area contributed by atoms with Gasteiger partial charge in [0.15, 0.2) is 12.4 Å². The first-order valence-electron chi connectivity index (χ1n) is 7.49. The van der Waals surface area contributed by atoms with E-state index in [1.807, 2.05) is 0 Å². The molecule has 2 amide bonds. The summed E-state index contributed by atoms with van der Waals surface area (Å²) in [6.07, 6.45) is 1.50. The zero-order valence-corrected chi connectivity index (χ0v) is 13.6. The van der Waals surface area contributed by atoms with Crippen molar-refractivity contribution in [1.82, 2.24) is 5.32 Å². The van der Waals surface area contributed by atoms with Crippen LogP contribution in [0.4, 0.5) is 5.69 Å². The second-order valence-electron chi connectivity index (χ2n) is 4.92. The lowest BCUT2D eigenvalue weighted by atomic mass is 10.3. The maximum absolute atomic E-state index is 11.9. The molecule has 2 N–H and O–H groups in total. The molecule has 0 spiro atoms. The third-order valence-corrected chi connectivity index (χ3v) is 3.08. The van der Waals surface area contributed by atoms with Crippen molar-refractivity contribution in [2.24, 2.45) is 0 Å². The third kappa shape index (κ3) is 6.02. The molecule has 0 saturated heterocycles. The highest BCUT2D eigenvalue weighted by atomic mass is 16.6. The maximum Gasteiger partial charge on any atom is 0.343 e. The Bertz CT molecular complexity index is 726. The Hall–Kier alpha value is -3.29. The van der Waals surface area contributed by atoms with Gasteiger partial charge >= 0.3 is 5.97 Å². The molecule has 1 aromatic heterocycles. The molecule has 0 aliphatic heterocycles. The Morgan fingerprint density at radius 2 is 2.00 bits per heavy atom. The largest absolute Gasteiger partial charge is 0.482 e. The molecular formula is C17H18N2O6. The molecule has 8 nitrogen and oxygen atoms in total. The van der Waals surface area contributed by atoms with E-state index in [0.29, 0.717) is 11.4 Å². The second-order valence-corrected chi connectivity index (χ2v) is 4.92. The third-order valence-electron chi connectivity index (χ3n) is 3.08. The lowest BCUT2D eigenvalue weighted by Gasteiger charge is -2.09. The zero-order valence-electron chi connectivity index (χ0n) is 13.6. The van der Waals surface area contributed by atoms with Crippen molar-refractivity contribution in [2.75, 3.05) is 25.6 Å². The van der Waals surface area contributed by atoms with E-state index < -0.39 is 5.97 Å². The van der Waals surface area contributed by atoms with Crippen molar-refractivity contribution in [1.29, 1.82) is 0 Å². The summed E-state index contributed by atoms with van der Waals surface area (Å²) in [4.78, 5) is 34.6. The summed E-state index contributed by atoms with van der Waals surface area (Å²) in [6, 6.07) is 9.75. The molecule has 0 bridgehead atoms. The molecule has 2 rings (SSSR count). The van der Waals surface area contributed by atoms with Gasteiger partial charge in [-0.25, -0.2) is 4.79 Å². The van der Waals surface area contributed by atoms with Gasteiger partial charge in [-0.05, 0) is 24.3 Å². The smallest absolute Gasteiger partial charge is 0.343 e. The van der Waals surface area contributed by atoms with Crippen LogP contribution < -0.4 is 15.4 Å². The number of benzene rings is 1. The molecule has 0 fully saturated rings. The number of carbonyl (C=O) groups excluding carboxylic acids is 3. The number of furan rings is 1. The summed E-state index contributed by atoms with van der Waals surface area (Å²) in [7, 11) is 1.27. The number of amides is 2. The molecular weight excluding hydrogens is 328 g/mol. The predicted molar refractivity (Wildman–Crippen MR) is 88.2 cm³/mol. The Balaban J connectivity index is 1.76. The standard InChI is InChI=1S/C17H18N2O6/c1-23-16(21)11-25-13-5-2-4-12(10-13)19-15(20)7-8-18-17(22)14-6-3-9-24-14/h2-6,9-10H,7-8,11H2,1H3,(H,18,22)(H,19,20). The van der Waals surface area contributed by atoms with Gasteiger partial charge in [0.25, 0.3) is 5.91 Å². The average Bonchev–Trinajstić information content (AvgIpc) is 3.14.